The zero-order chi connectivity index (χ0) is 30.3. The number of carbonyl (C=O) groups excluding carboxylic acids is 2. The number of nitrogens with one attached hydrogen (secondary N) is 3. The van der Waals surface area contributed by atoms with Crippen LogP contribution in [0.4, 0.5) is 15.3 Å². The van der Waals surface area contributed by atoms with Gasteiger partial charge in [-0.25, -0.2) is 22.7 Å². The Morgan fingerprint density at radius 3 is 2.37 bits per heavy atom. The van der Waals surface area contributed by atoms with Crippen LogP contribution in [0.25, 0.3) is 0 Å². The standard InChI is InChI=1S/C16H15ClN2O3S.C8H15N3O7/c17-13-5-7-14(8-6-13)18-16(20)19-23(21,22)15-9-4-11-2-1-3-12(11)10-15;1-11(10-17)8(16)9-4-6(14)5(13)3(2-12)18-7(4)15/h4-10H,1-3H2,(H2,18,19,20);3-7,12-15H,2H2,1H3,(H,9,16)/t;3-,4-,5-,6-,7+/m.1/s1. The van der Waals surface area contributed by atoms with Gasteiger partial charge >= 0.3 is 12.1 Å². The van der Waals surface area contributed by atoms with E-state index in [-0.39, 0.29) is 4.90 Å². The molecule has 224 valence electrons. The Labute approximate surface area is 240 Å². The van der Waals surface area contributed by atoms with Crippen LogP contribution in [-0.4, -0.2) is 90.2 Å². The van der Waals surface area contributed by atoms with Crippen molar-refractivity contribution in [1.82, 2.24) is 15.0 Å². The highest BCUT2D eigenvalue weighted by atomic mass is 35.5. The van der Waals surface area contributed by atoms with Gasteiger partial charge in [-0.2, -0.15) is 5.01 Å². The van der Waals surface area contributed by atoms with Gasteiger partial charge in [-0.05, 0) is 66.8 Å². The molecule has 1 heterocycles. The Morgan fingerprint density at radius 1 is 1.07 bits per heavy atom. The van der Waals surface area contributed by atoms with E-state index in [1.54, 1.807) is 30.3 Å². The second-order valence-electron chi connectivity index (χ2n) is 9.16. The maximum absolute atomic E-state index is 12.3. The molecule has 15 nitrogen and oxygen atoms in total. The molecule has 4 amide bonds. The van der Waals surface area contributed by atoms with E-state index in [0.29, 0.717) is 15.7 Å². The molecule has 7 N–H and O–H groups in total. The number of nitrogens with zero attached hydrogens (tertiary/aromatic N) is 2. The lowest BCUT2D eigenvalue weighted by Gasteiger charge is -2.40. The number of aryl methyl sites for hydroxylation is 2. The van der Waals surface area contributed by atoms with Gasteiger partial charge in [0, 0.05) is 17.8 Å². The number of amides is 4. The second kappa shape index (κ2) is 14.0. The molecular weight excluding hydrogens is 586 g/mol. The summed E-state index contributed by atoms with van der Waals surface area (Å²) in [5.41, 5.74) is 2.66. The molecule has 41 heavy (non-hydrogen) atoms. The van der Waals surface area contributed by atoms with Crippen molar-refractivity contribution in [2.75, 3.05) is 19.0 Å². The van der Waals surface area contributed by atoms with Crippen LogP contribution in [0.5, 0.6) is 0 Å². The molecule has 0 spiro atoms. The maximum Gasteiger partial charge on any atom is 0.340 e. The van der Waals surface area contributed by atoms with Crippen LogP contribution in [0.3, 0.4) is 0 Å². The van der Waals surface area contributed by atoms with Crippen molar-refractivity contribution in [3.8, 4) is 0 Å². The molecule has 1 aliphatic heterocycles. The number of urea groups is 2. The minimum atomic E-state index is -3.90. The number of anilines is 1. The molecule has 5 atom stereocenters. The van der Waals surface area contributed by atoms with Crippen molar-refractivity contribution in [2.24, 2.45) is 5.29 Å². The Balaban J connectivity index is 0.000000233. The van der Waals surface area contributed by atoms with Crippen LogP contribution in [0.1, 0.15) is 17.5 Å². The number of hydrogen-bond acceptors (Lipinski definition) is 11. The van der Waals surface area contributed by atoms with Crippen molar-refractivity contribution in [3.05, 3.63) is 63.5 Å². The monoisotopic (exact) mass is 615 g/mol. The normalized spacial score (nSPS) is 23.3. The number of rotatable bonds is 6. The van der Waals surface area contributed by atoms with Gasteiger partial charge in [0.1, 0.15) is 24.4 Å². The predicted molar refractivity (Wildman–Crippen MR) is 145 cm³/mol. The Bertz CT molecular complexity index is 1350. The summed E-state index contributed by atoms with van der Waals surface area (Å²) in [4.78, 5) is 33.4. The fourth-order valence-electron chi connectivity index (χ4n) is 4.11. The van der Waals surface area contributed by atoms with E-state index in [9.17, 15) is 38.2 Å². The molecule has 0 unspecified atom stereocenters. The number of aliphatic hydroxyl groups excluding tert-OH is 4. The Morgan fingerprint density at radius 2 is 1.73 bits per heavy atom. The fourth-order valence-corrected chi connectivity index (χ4v) is 5.20. The van der Waals surface area contributed by atoms with Crippen molar-refractivity contribution in [1.29, 1.82) is 0 Å². The van der Waals surface area contributed by atoms with Crippen LogP contribution in [0.15, 0.2) is 52.6 Å². The number of fused-ring (bicyclic) bond motifs is 1. The summed E-state index contributed by atoms with van der Waals surface area (Å²) in [6.45, 7) is -0.605. The van der Waals surface area contributed by atoms with E-state index in [0.717, 1.165) is 31.9 Å². The molecular formula is C24H30ClN5O10S. The van der Waals surface area contributed by atoms with Crippen molar-refractivity contribution in [3.63, 3.8) is 0 Å². The molecule has 1 fully saturated rings. The van der Waals surface area contributed by atoms with Crippen molar-refractivity contribution >= 4 is 39.4 Å². The highest BCUT2D eigenvalue weighted by Crippen LogP contribution is 2.25. The summed E-state index contributed by atoms with van der Waals surface area (Å²) in [6, 6.07) is 8.22. The average Bonchev–Trinajstić information content (AvgIpc) is 3.42. The largest absolute Gasteiger partial charge is 0.394 e. The molecule has 2 aliphatic rings. The molecule has 0 bridgehead atoms. The summed E-state index contributed by atoms with van der Waals surface area (Å²) in [6.07, 6.45) is -2.97. The van der Waals surface area contributed by atoms with E-state index in [2.05, 4.69) is 15.9 Å². The molecule has 2 aromatic carbocycles. The summed E-state index contributed by atoms with van der Waals surface area (Å²) in [5, 5.41) is 45.3. The van der Waals surface area contributed by atoms with Gasteiger partial charge in [-0.15, -0.1) is 4.91 Å². The van der Waals surface area contributed by atoms with E-state index < -0.39 is 59.3 Å². The first-order valence-electron chi connectivity index (χ1n) is 12.3. The van der Waals surface area contributed by atoms with Crippen molar-refractivity contribution < 1.29 is 43.2 Å². The third-order valence-electron chi connectivity index (χ3n) is 6.32. The van der Waals surface area contributed by atoms with Crippen LogP contribution in [0.2, 0.25) is 5.02 Å². The number of benzene rings is 2. The van der Waals surface area contributed by atoms with Crippen LogP contribution in [-0.2, 0) is 27.6 Å². The number of sulfonamides is 1. The van der Waals surface area contributed by atoms with Gasteiger partial charge < -0.3 is 35.8 Å². The number of ether oxygens (including phenoxy) is 1. The number of halogens is 1. The highest BCUT2D eigenvalue weighted by Gasteiger charge is 2.44. The van der Waals surface area contributed by atoms with Gasteiger partial charge in [0.15, 0.2) is 6.29 Å². The molecule has 1 aliphatic carbocycles. The van der Waals surface area contributed by atoms with E-state index in [4.69, 9.17) is 21.4 Å². The summed E-state index contributed by atoms with van der Waals surface area (Å²) >= 11 is 5.76. The zero-order valence-corrected chi connectivity index (χ0v) is 23.2. The molecule has 1 saturated heterocycles. The van der Waals surface area contributed by atoms with E-state index in [1.807, 2.05) is 10.8 Å². The topological polar surface area (TPSA) is 227 Å². The number of carbonyl (C=O) groups is 2. The smallest absolute Gasteiger partial charge is 0.340 e. The third-order valence-corrected chi connectivity index (χ3v) is 7.90. The van der Waals surface area contributed by atoms with Gasteiger partial charge in [0.05, 0.1) is 16.8 Å². The molecule has 2 aromatic rings. The van der Waals surface area contributed by atoms with Crippen LogP contribution >= 0.6 is 11.6 Å². The van der Waals surface area contributed by atoms with E-state index in [1.165, 1.54) is 11.6 Å². The van der Waals surface area contributed by atoms with Crippen LogP contribution < -0.4 is 15.4 Å². The van der Waals surface area contributed by atoms with Gasteiger partial charge in [0.2, 0.25) is 0 Å². The average molecular weight is 616 g/mol. The van der Waals surface area contributed by atoms with Crippen molar-refractivity contribution in [2.45, 2.75) is 54.8 Å². The summed E-state index contributed by atoms with van der Waals surface area (Å²) < 4.78 is 31.4. The van der Waals surface area contributed by atoms with Gasteiger partial charge in [-0.3, -0.25) is 0 Å². The lowest BCUT2D eigenvalue weighted by atomic mass is 9.97. The quantitative estimate of drug-likeness (QED) is 0.175. The van der Waals surface area contributed by atoms with E-state index >= 15 is 0 Å². The molecule has 0 radical (unpaired) electrons. The number of nitroso groups, excluding NO2 is 1. The highest BCUT2D eigenvalue weighted by molar-refractivity contribution is 7.90. The molecule has 0 aromatic heterocycles. The second-order valence-corrected chi connectivity index (χ2v) is 11.3. The first-order valence-corrected chi connectivity index (χ1v) is 14.1. The molecule has 17 heteroatoms. The minimum Gasteiger partial charge on any atom is -0.394 e. The summed E-state index contributed by atoms with van der Waals surface area (Å²) in [5.74, 6) is 0. The lowest BCUT2D eigenvalue weighted by Crippen LogP contribution is -2.64. The first-order chi connectivity index (χ1) is 19.4. The maximum atomic E-state index is 12.3. The summed E-state index contributed by atoms with van der Waals surface area (Å²) in [7, 11) is -2.83. The van der Waals surface area contributed by atoms with Gasteiger partial charge in [0.25, 0.3) is 10.0 Å². The SMILES string of the molecule is CN(N=O)C(=O)N[C@@H]1[C@@H](O)[C@H](O)[C@@H](CO)O[C@@H]1O.O=C(Nc1ccc(Cl)cc1)NS(=O)(=O)c1ccc2c(c1)CCC2. The molecule has 4 rings (SSSR count). The lowest BCUT2D eigenvalue weighted by molar-refractivity contribution is -0.252. The number of hydrogen-bond donors (Lipinski definition) is 7. The first kappa shape index (κ1) is 32.1. The number of aliphatic hydroxyl groups is 4. The third kappa shape index (κ3) is 8.32. The van der Waals surface area contributed by atoms with Crippen LogP contribution in [0, 0.1) is 4.91 Å². The predicted octanol–water partition coefficient (Wildman–Crippen LogP) is 0.448. The zero-order valence-electron chi connectivity index (χ0n) is 21.7. The minimum absolute atomic E-state index is 0.101. The Kier molecular flexibility index (Phi) is 11.0. The fraction of sp³-hybridized carbons (Fsp3) is 0.417. The Hall–Kier alpha value is -3.38. The van der Waals surface area contributed by atoms with Gasteiger partial charge in [-0.1, -0.05) is 17.7 Å². The molecule has 0 saturated carbocycles.